The van der Waals surface area contributed by atoms with Crippen LogP contribution in [0, 0.1) is 11.6 Å². The third-order valence-electron chi connectivity index (χ3n) is 4.87. The normalized spacial score (nSPS) is 12.1. The molecule has 0 aliphatic heterocycles. The number of rotatable bonds is 8. The van der Waals surface area contributed by atoms with Gasteiger partial charge in [-0.1, -0.05) is 12.1 Å². The molecule has 0 saturated carbocycles. The molecule has 12 heteroatoms. The molecule has 0 unspecified atom stereocenters. The van der Waals surface area contributed by atoms with Crippen molar-refractivity contribution in [1.82, 2.24) is 4.31 Å². The summed E-state index contributed by atoms with van der Waals surface area (Å²) in [6.07, 6.45) is -4.70. The predicted octanol–water partition coefficient (Wildman–Crippen LogP) is 4.93. The van der Waals surface area contributed by atoms with E-state index in [0.717, 1.165) is 52.8 Å². The van der Waals surface area contributed by atoms with Crippen molar-refractivity contribution in [3.05, 3.63) is 83.4 Å². The number of carboxylic acid groups (broad SMARTS) is 1. The van der Waals surface area contributed by atoms with Gasteiger partial charge in [-0.2, -0.15) is 17.5 Å². The number of carboxylic acids is 1. The maximum Gasteiger partial charge on any atom is 0.416 e. The van der Waals surface area contributed by atoms with E-state index in [2.05, 4.69) is 0 Å². The fraction of sp³-hybridized carbons (Fsp3) is 0.174. The van der Waals surface area contributed by atoms with Gasteiger partial charge in [0.2, 0.25) is 10.0 Å². The molecule has 35 heavy (non-hydrogen) atoms. The zero-order valence-corrected chi connectivity index (χ0v) is 18.8. The minimum absolute atomic E-state index is 0.0470. The summed E-state index contributed by atoms with van der Waals surface area (Å²) in [7, 11) is -2.93. The third kappa shape index (κ3) is 6.14. The lowest BCUT2D eigenvalue weighted by Crippen LogP contribution is -2.26. The average molecular weight is 515 g/mol. The lowest BCUT2D eigenvalue weighted by molar-refractivity contribution is -0.139. The summed E-state index contributed by atoms with van der Waals surface area (Å²) in [4.78, 5) is 10.7. The third-order valence-corrected chi connectivity index (χ3v) is 6.69. The van der Waals surface area contributed by atoms with E-state index < -0.39 is 58.3 Å². The number of carbonyl (C=O) groups is 1. The SMILES string of the molecule is CN(Cc1cc(F)c(OCC(=O)O)c(-c2cccc(C(F)(F)F)c2)c1)S(=O)(=O)c1ccc(F)cc1. The smallest absolute Gasteiger partial charge is 0.416 e. The average Bonchev–Trinajstić information content (AvgIpc) is 2.77. The highest BCUT2D eigenvalue weighted by Gasteiger charge is 2.31. The number of sulfonamides is 1. The van der Waals surface area contributed by atoms with Gasteiger partial charge in [-0.15, -0.1) is 0 Å². The van der Waals surface area contributed by atoms with Crippen molar-refractivity contribution in [2.45, 2.75) is 17.6 Å². The highest BCUT2D eigenvalue weighted by atomic mass is 32.2. The summed E-state index contributed by atoms with van der Waals surface area (Å²) in [6.45, 7) is -1.36. The van der Waals surface area contributed by atoms with Gasteiger partial charge in [0.25, 0.3) is 0 Å². The first-order valence-corrected chi connectivity index (χ1v) is 11.3. The van der Waals surface area contributed by atoms with Crippen LogP contribution in [0.4, 0.5) is 22.0 Å². The Labute approximate surface area is 197 Å². The van der Waals surface area contributed by atoms with E-state index in [1.807, 2.05) is 0 Å². The van der Waals surface area contributed by atoms with Crippen molar-refractivity contribution in [2.75, 3.05) is 13.7 Å². The summed E-state index contributed by atoms with van der Waals surface area (Å²) >= 11 is 0. The Balaban J connectivity index is 2.05. The van der Waals surface area contributed by atoms with Crippen molar-refractivity contribution in [1.29, 1.82) is 0 Å². The summed E-state index contributed by atoms with van der Waals surface area (Å²) in [5, 5.41) is 8.87. The largest absolute Gasteiger partial charge is 0.479 e. The molecule has 0 heterocycles. The number of hydrogen-bond donors (Lipinski definition) is 1. The second-order valence-corrected chi connectivity index (χ2v) is 9.48. The fourth-order valence-corrected chi connectivity index (χ4v) is 4.39. The number of nitrogens with zero attached hydrogens (tertiary/aromatic N) is 1. The molecule has 3 aromatic rings. The molecule has 0 aromatic heterocycles. The number of aliphatic carboxylic acids is 1. The molecule has 186 valence electrons. The van der Waals surface area contributed by atoms with Gasteiger partial charge < -0.3 is 9.84 Å². The van der Waals surface area contributed by atoms with Gasteiger partial charge in [0.1, 0.15) is 5.82 Å². The van der Waals surface area contributed by atoms with Gasteiger partial charge in [-0.25, -0.2) is 22.0 Å². The minimum Gasteiger partial charge on any atom is -0.479 e. The summed E-state index contributed by atoms with van der Waals surface area (Å²) < 4.78 is 99.1. The molecule has 3 rings (SSSR count). The number of ether oxygens (including phenoxy) is 1. The van der Waals surface area contributed by atoms with Crippen LogP contribution in [0.2, 0.25) is 0 Å². The van der Waals surface area contributed by atoms with Gasteiger partial charge in [-0.3, -0.25) is 0 Å². The van der Waals surface area contributed by atoms with Crippen molar-refractivity contribution in [3.63, 3.8) is 0 Å². The number of halogens is 5. The Morgan fingerprint density at radius 1 is 1.03 bits per heavy atom. The zero-order valence-electron chi connectivity index (χ0n) is 18.0. The Bertz CT molecular complexity index is 1340. The van der Waals surface area contributed by atoms with E-state index >= 15 is 0 Å². The Kier molecular flexibility index (Phi) is 7.46. The van der Waals surface area contributed by atoms with Crippen LogP contribution in [-0.4, -0.2) is 37.5 Å². The van der Waals surface area contributed by atoms with Crippen molar-refractivity contribution in [2.24, 2.45) is 0 Å². The van der Waals surface area contributed by atoms with Crippen molar-refractivity contribution < 1.29 is 45.0 Å². The predicted molar refractivity (Wildman–Crippen MR) is 115 cm³/mol. The van der Waals surface area contributed by atoms with Crippen LogP contribution in [0.1, 0.15) is 11.1 Å². The van der Waals surface area contributed by atoms with E-state index in [1.165, 1.54) is 19.2 Å². The highest BCUT2D eigenvalue weighted by molar-refractivity contribution is 7.89. The van der Waals surface area contributed by atoms with E-state index in [1.54, 1.807) is 0 Å². The minimum atomic E-state index is -4.70. The van der Waals surface area contributed by atoms with Gasteiger partial charge in [-0.05, 0) is 59.7 Å². The monoisotopic (exact) mass is 515 g/mol. The lowest BCUT2D eigenvalue weighted by atomic mass is 9.99. The molecule has 0 aliphatic rings. The van der Waals surface area contributed by atoms with Gasteiger partial charge in [0, 0.05) is 19.2 Å². The molecule has 0 bridgehead atoms. The fourth-order valence-electron chi connectivity index (χ4n) is 3.23. The molecule has 0 amide bonds. The maximum atomic E-state index is 14.9. The lowest BCUT2D eigenvalue weighted by Gasteiger charge is -2.19. The van der Waals surface area contributed by atoms with Crippen molar-refractivity contribution in [3.8, 4) is 16.9 Å². The van der Waals surface area contributed by atoms with Gasteiger partial charge in [0.15, 0.2) is 18.2 Å². The molecule has 0 fully saturated rings. The first kappa shape index (κ1) is 26.1. The molecular weight excluding hydrogens is 497 g/mol. The quantitative estimate of drug-likeness (QED) is 0.430. The van der Waals surface area contributed by atoms with E-state index in [4.69, 9.17) is 9.84 Å². The summed E-state index contributed by atoms with van der Waals surface area (Å²) in [5.41, 5.74) is -1.29. The van der Waals surface area contributed by atoms with E-state index in [0.29, 0.717) is 0 Å². The van der Waals surface area contributed by atoms with Crippen LogP contribution in [0.15, 0.2) is 65.6 Å². The molecule has 0 atom stereocenters. The molecule has 0 spiro atoms. The Hall–Kier alpha value is -3.51. The molecule has 6 nitrogen and oxygen atoms in total. The second kappa shape index (κ2) is 10.0. The van der Waals surface area contributed by atoms with Crippen LogP contribution in [0.3, 0.4) is 0 Å². The van der Waals surface area contributed by atoms with Gasteiger partial charge in [0.05, 0.1) is 10.5 Å². The summed E-state index contributed by atoms with van der Waals surface area (Å²) in [6, 6.07) is 10.0. The number of alkyl halides is 3. The summed E-state index contributed by atoms with van der Waals surface area (Å²) in [5.74, 6) is -3.77. The molecule has 0 radical (unpaired) electrons. The van der Waals surface area contributed by atoms with Crippen LogP contribution in [0.5, 0.6) is 5.75 Å². The number of hydrogen-bond acceptors (Lipinski definition) is 4. The molecule has 1 N–H and O–H groups in total. The molecule has 0 saturated heterocycles. The zero-order chi connectivity index (χ0) is 26.0. The van der Waals surface area contributed by atoms with Crippen LogP contribution in [0.25, 0.3) is 11.1 Å². The first-order chi connectivity index (χ1) is 16.3. The second-order valence-electron chi connectivity index (χ2n) is 7.43. The highest BCUT2D eigenvalue weighted by Crippen LogP contribution is 2.38. The van der Waals surface area contributed by atoms with Gasteiger partial charge >= 0.3 is 12.1 Å². The van der Waals surface area contributed by atoms with Crippen LogP contribution < -0.4 is 4.74 Å². The van der Waals surface area contributed by atoms with Crippen LogP contribution >= 0.6 is 0 Å². The first-order valence-electron chi connectivity index (χ1n) is 9.85. The maximum absolute atomic E-state index is 14.9. The number of benzene rings is 3. The van der Waals surface area contributed by atoms with E-state index in [-0.39, 0.29) is 21.6 Å². The topological polar surface area (TPSA) is 83.9 Å². The Morgan fingerprint density at radius 2 is 1.69 bits per heavy atom. The van der Waals surface area contributed by atoms with Crippen molar-refractivity contribution >= 4 is 16.0 Å². The molecule has 0 aliphatic carbocycles. The molecule has 3 aromatic carbocycles. The standard InChI is InChI=1S/C23H18F5NO5S/c1-29(35(32,33)18-7-5-17(24)6-8-18)12-14-9-19(22(20(25)10-14)34-13-21(30)31)15-3-2-4-16(11-15)23(26,27)28/h2-11H,12-13H2,1H3,(H,30,31). The van der Waals surface area contributed by atoms with Crippen LogP contribution in [-0.2, 0) is 27.5 Å². The Morgan fingerprint density at radius 3 is 2.29 bits per heavy atom. The molecular formula is C23H18F5NO5S. The van der Waals surface area contributed by atoms with E-state index in [9.17, 15) is 35.2 Å².